The molecule has 0 spiro atoms. The van der Waals surface area contributed by atoms with Crippen LogP contribution in [0.2, 0.25) is 0 Å². The molecule has 0 saturated heterocycles. The van der Waals surface area contributed by atoms with Crippen molar-refractivity contribution in [3.05, 3.63) is 0 Å². The van der Waals surface area contributed by atoms with Gasteiger partial charge in [0.25, 0.3) is 0 Å². The Morgan fingerprint density at radius 1 is 1.33 bits per heavy atom. The molecule has 0 N–H and O–H groups in total. The predicted octanol–water partition coefficient (Wildman–Crippen LogP) is 3.11. The van der Waals surface area contributed by atoms with E-state index in [1.54, 1.807) is 0 Å². The summed E-state index contributed by atoms with van der Waals surface area (Å²) in [5.74, 6) is 0. The van der Waals surface area contributed by atoms with Crippen LogP contribution in [-0.4, -0.2) is 0 Å². The second-order valence-electron chi connectivity index (χ2n) is 0.752. The van der Waals surface area contributed by atoms with Crippen LogP contribution >= 0.6 is 28.5 Å². The molecule has 0 unspecified atom stereocenters. The first-order chi connectivity index (χ1) is 2.83. The van der Waals surface area contributed by atoms with Gasteiger partial charge in [-0.2, -0.15) is 0 Å². The molecular weight excluding hydrogens is 255 g/mol. The zero-order valence-corrected chi connectivity index (χ0v) is 7.94. The molecule has 0 nitrogen and oxygen atoms in total. The van der Waals surface area contributed by atoms with E-state index in [-0.39, 0.29) is 0 Å². The van der Waals surface area contributed by atoms with Crippen LogP contribution in [0.3, 0.4) is 0 Å². The molecule has 0 fully saturated rings. The third-order valence-corrected chi connectivity index (χ3v) is 0. The van der Waals surface area contributed by atoms with Crippen LogP contribution in [0.5, 0.6) is 0 Å². The molecule has 0 aromatic rings. The van der Waals surface area contributed by atoms with Crippen LogP contribution in [0, 0.1) is 0 Å². The van der Waals surface area contributed by atoms with Crippen LogP contribution in [0.25, 0.3) is 0 Å². The summed E-state index contributed by atoms with van der Waals surface area (Å²) in [6.07, 6.45) is 1.25. The van der Waals surface area contributed by atoms with E-state index in [4.69, 9.17) is 0 Å². The van der Waals surface area contributed by atoms with Crippen molar-refractivity contribution >= 4 is 28.5 Å². The number of halogens is 2. The van der Waals surface area contributed by atoms with E-state index in [9.17, 15) is 0 Å². The molecule has 0 aliphatic rings. The van der Waals surface area contributed by atoms with Crippen LogP contribution < -0.4 is 0 Å². The van der Waals surface area contributed by atoms with E-state index in [1.165, 1.54) is 17.3 Å². The zero-order valence-electron chi connectivity index (χ0n) is 3.78. The van der Waals surface area contributed by atoms with E-state index in [1.807, 2.05) is 0 Å². The van der Waals surface area contributed by atoms with Gasteiger partial charge in [0, 0.05) is 0 Å². The van der Waals surface area contributed by atoms with Gasteiger partial charge in [-0.15, -0.1) is 0 Å². The summed E-state index contributed by atoms with van der Waals surface area (Å²) in [6, 6.07) is 0. The molecule has 0 aromatic carbocycles. The van der Waals surface area contributed by atoms with Crippen molar-refractivity contribution in [2.45, 2.75) is 20.3 Å². The van der Waals surface area contributed by atoms with E-state index in [0.717, 1.165) is 0 Å². The van der Waals surface area contributed by atoms with Crippen molar-refractivity contribution in [3.8, 4) is 0 Å². The Labute approximate surface area is 59.4 Å². The van der Waals surface area contributed by atoms with E-state index in [0.29, 0.717) is 0 Å². The summed E-state index contributed by atoms with van der Waals surface area (Å²) in [7, 11) is 1.25. The second kappa shape index (κ2) is 16.1. The molecule has 0 atom stereocenters. The van der Waals surface area contributed by atoms with Gasteiger partial charge < -0.3 is 0 Å². The van der Waals surface area contributed by atoms with Crippen molar-refractivity contribution in [1.29, 1.82) is 0 Å². The molecule has 0 bridgehead atoms. The van der Waals surface area contributed by atoms with Crippen molar-refractivity contribution in [3.63, 3.8) is 0 Å². The summed E-state index contributed by atoms with van der Waals surface area (Å²) >= 11 is 6.00. The van der Waals surface area contributed by atoms with Gasteiger partial charge in [-0.05, 0) is 0 Å². The number of hydrogen-bond donors (Lipinski definition) is 0. The van der Waals surface area contributed by atoms with Crippen molar-refractivity contribution < 1.29 is 10.9 Å². The van der Waals surface area contributed by atoms with Crippen molar-refractivity contribution in [2.24, 2.45) is 0 Å². The fourth-order valence-electron chi connectivity index (χ4n) is 0. The summed E-state index contributed by atoms with van der Waals surface area (Å²) in [6.45, 7) is 4.25. The quantitative estimate of drug-likeness (QED) is 0.589. The van der Waals surface area contributed by atoms with Crippen LogP contribution in [-0.2, 0) is 10.9 Å². The molecule has 3 heteroatoms. The van der Waals surface area contributed by atoms with Crippen LogP contribution in [0.4, 0.5) is 0 Å². The van der Waals surface area contributed by atoms with Gasteiger partial charge in [0.2, 0.25) is 0 Å². The Bertz CT molecular complexity index is 10.8. The van der Waals surface area contributed by atoms with E-state index < -0.39 is 0 Å². The molecule has 0 amide bonds. The first-order valence-corrected chi connectivity index (χ1v) is 6.54. The van der Waals surface area contributed by atoms with Gasteiger partial charge in [0.05, 0.1) is 0 Å². The summed E-state index contributed by atoms with van der Waals surface area (Å²) in [5, 5.41) is 0. The van der Waals surface area contributed by atoms with Gasteiger partial charge in [-0.25, -0.2) is 0 Å². The van der Waals surface area contributed by atoms with Crippen molar-refractivity contribution in [1.82, 2.24) is 0 Å². The van der Waals surface area contributed by atoms with Gasteiger partial charge in [0.15, 0.2) is 0 Å². The zero-order chi connectivity index (χ0) is 5.41. The van der Waals surface area contributed by atoms with Crippen LogP contribution in [0.1, 0.15) is 20.3 Å². The average molecular weight is 263 g/mol. The maximum atomic E-state index is 3.00. The molecule has 6 heavy (non-hydrogen) atoms. The minimum atomic E-state index is 1.25. The molecule has 0 saturated carbocycles. The predicted molar refractivity (Wildman–Crippen MR) is 33.8 cm³/mol. The number of hydrogen-bond acceptors (Lipinski definition) is 0. The third-order valence-electron chi connectivity index (χ3n) is 0. The molecular formula is C3H8Br2Ni. The minimum absolute atomic E-state index is 1.25. The molecule has 0 aliphatic heterocycles. The van der Waals surface area contributed by atoms with Gasteiger partial charge in [-0.1, -0.05) is 20.3 Å². The summed E-state index contributed by atoms with van der Waals surface area (Å²) < 4.78 is 0. The summed E-state index contributed by atoms with van der Waals surface area (Å²) in [5.41, 5.74) is 0. The first kappa shape index (κ1) is 10.4. The van der Waals surface area contributed by atoms with Gasteiger partial charge in [0.1, 0.15) is 0 Å². The Balaban J connectivity index is 0. The molecule has 0 rings (SSSR count). The van der Waals surface area contributed by atoms with Crippen molar-refractivity contribution in [2.75, 3.05) is 0 Å². The summed E-state index contributed by atoms with van der Waals surface area (Å²) in [4.78, 5) is 0. The fourth-order valence-corrected chi connectivity index (χ4v) is 0. The first-order valence-electron chi connectivity index (χ1n) is 1.65. The van der Waals surface area contributed by atoms with E-state index >= 15 is 0 Å². The Morgan fingerprint density at radius 2 is 1.33 bits per heavy atom. The van der Waals surface area contributed by atoms with Gasteiger partial charge >= 0.3 is 39.3 Å². The fraction of sp³-hybridized carbons (Fsp3) is 1.00. The Hall–Kier alpha value is 1.45. The van der Waals surface area contributed by atoms with Crippen LogP contribution in [0.15, 0.2) is 0 Å². The topological polar surface area (TPSA) is 0 Å². The maximum absolute atomic E-state index is 3.00. The third kappa shape index (κ3) is 51.2. The molecule has 44 valence electrons. The number of rotatable bonds is 0. The monoisotopic (exact) mass is 260 g/mol. The molecule has 0 aromatic heterocycles. The second-order valence-corrected chi connectivity index (χ2v) is 5.74. The SMILES string of the molecule is CCC.[Br][Ni][Br]. The molecule has 0 aliphatic carbocycles. The Kier molecular flexibility index (Phi) is 28.0. The molecule has 0 radical (unpaired) electrons. The average Bonchev–Trinajstić information content (AvgIpc) is 1.39. The Morgan fingerprint density at radius 3 is 1.33 bits per heavy atom. The molecule has 0 heterocycles. The van der Waals surface area contributed by atoms with E-state index in [2.05, 4.69) is 42.3 Å². The normalized spacial score (nSPS) is 6.67. The van der Waals surface area contributed by atoms with Gasteiger partial charge in [-0.3, -0.25) is 0 Å². The standard InChI is InChI=1S/C3H8.2BrH.Ni/c1-3-2;;;/h3H2,1-2H3;2*1H;/q;;;+2/p-2.